The van der Waals surface area contributed by atoms with Crippen LogP contribution in [0.15, 0.2) is 77.9 Å². The summed E-state index contributed by atoms with van der Waals surface area (Å²) in [6, 6.07) is 21.5. The van der Waals surface area contributed by atoms with Crippen molar-refractivity contribution < 1.29 is 19.1 Å². The lowest BCUT2D eigenvalue weighted by Crippen LogP contribution is -2.37. The van der Waals surface area contributed by atoms with E-state index in [1.807, 2.05) is 24.3 Å². The first-order valence-corrected chi connectivity index (χ1v) is 11.7. The van der Waals surface area contributed by atoms with Gasteiger partial charge in [-0.2, -0.15) is 5.10 Å². The molecule has 0 atom stereocenters. The van der Waals surface area contributed by atoms with Crippen LogP contribution in [0.5, 0.6) is 5.75 Å². The van der Waals surface area contributed by atoms with Crippen molar-refractivity contribution in [1.82, 2.24) is 10.7 Å². The molecule has 3 rings (SSSR count). The highest BCUT2D eigenvalue weighted by molar-refractivity contribution is 6.35. The fourth-order valence-electron chi connectivity index (χ4n) is 3.11. The number of amides is 3. The van der Waals surface area contributed by atoms with Gasteiger partial charge < -0.3 is 15.4 Å². The van der Waals surface area contributed by atoms with Gasteiger partial charge in [0.1, 0.15) is 5.75 Å². The van der Waals surface area contributed by atoms with E-state index in [9.17, 15) is 14.4 Å². The van der Waals surface area contributed by atoms with Gasteiger partial charge in [0.25, 0.3) is 5.91 Å². The number of para-hydroxylation sites is 2. The molecule has 3 aromatic rings. The number of hydrazone groups is 1. The van der Waals surface area contributed by atoms with Crippen LogP contribution in [-0.4, -0.2) is 30.5 Å². The fraction of sp³-hybridized carbons (Fsp3) is 0.185. The van der Waals surface area contributed by atoms with Gasteiger partial charge in [0.15, 0.2) is 6.61 Å². The summed E-state index contributed by atoms with van der Waals surface area (Å²) in [5, 5.41) is 9.48. The molecule has 0 fully saturated rings. The lowest BCUT2D eigenvalue weighted by atomic mass is 10.0. The zero-order chi connectivity index (χ0) is 25.9. The van der Waals surface area contributed by atoms with Crippen LogP contribution in [0.1, 0.15) is 36.5 Å². The number of halogens is 1. The molecule has 3 aromatic carbocycles. The van der Waals surface area contributed by atoms with Crippen molar-refractivity contribution in [1.29, 1.82) is 0 Å². The Labute approximate surface area is 214 Å². The van der Waals surface area contributed by atoms with Crippen molar-refractivity contribution >= 4 is 41.2 Å². The molecule has 0 bridgehead atoms. The Hall–Kier alpha value is -4.17. The van der Waals surface area contributed by atoms with Gasteiger partial charge in [-0.3, -0.25) is 14.4 Å². The number of hydrogen-bond acceptors (Lipinski definition) is 5. The Bertz CT molecular complexity index is 1240. The number of carbonyl (C=O) groups excluding carboxylic acids is 3. The minimum Gasteiger partial charge on any atom is -0.483 e. The molecule has 36 heavy (non-hydrogen) atoms. The van der Waals surface area contributed by atoms with Crippen LogP contribution in [0, 0.1) is 0 Å². The summed E-state index contributed by atoms with van der Waals surface area (Å²) in [7, 11) is 0. The van der Waals surface area contributed by atoms with Gasteiger partial charge in [-0.25, -0.2) is 5.43 Å². The predicted molar refractivity (Wildman–Crippen MR) is 140 cm³/mol. The van der Waals surface area contributed by atoms with Crippen LogP contribution in [0.25, 0.3) is 0 Å². The van der Waals surface area contributed by atoms with Crippen molar-refractivity contribution in [2.45, 2.75) is 26.3 Å². The zero-order valence-corrected chi connectivity index (χ0v) is 20.7. The van der Waals surface area contributed by atoms with E-state index in [2.05, 4.69) is 35.0 Å². The van der Waals surface area contributed by atoms with Crippen LogP contribution >= 0.6 is 11.6 Å². The number of nitrogens with zero attached hydrogens (tertiary/aromatic N) is 1. The van der Waals surface area contributed by atoms with Gasteiger partial charge >= 0.3 is 11.8 Å². The maximum Gasteiger partial charge on any atom is 0.329 e. The third-order valence-corrected chi connectivity index (χ3v) is 5.43. The first-order chi connectivity index (χ1) is 17.3. The molecular weight excluding hydrogens is 480 g/mol. The first-order valence-electron chi connectivity index (χ1n) is 11.3. The summed E-state index contributed by atoms with van der Waals surface area (Å²) >= 11 is 6.05. The molecule has 0 radical (unpaired) electrons. The van der Waals surface area contributed by atoms with Crippen LogP contribution in [0.2, 0.25) is 5.02 Å². The molecule has 0 unspecified atom stereocenters. The van der Waals surface area contributed by atoms with Crippen LogP contribution < -0.4 is 20.8 Å². The van der Waals surface area contributed by atoms with Gasteiger partial charge in [-0.1, -0.05) is 74.0 Å². The van der Waals surface area contributed by atoms with E-state index in [4.69, 9.17) is 16.3 Å². The molecule has 0 heterocycles. The number of carbonyl (C=O) groups is 3. The lowest BCUT2D eigenvalue weighted by molar-refractivity contribution is -0.139. The molecule has 0 saturated heterocycles. The third kappa shape index (κ3) is 7.95. The number of nitrogens with one attached hydrogen (secondary N) is 3. The van der Waals surface area contributed by atoms with Crippen LogP contribution in [0.3, 0.4) is 0 Å². The van der Waals surface area contributed by atoms with E-state index < -0.39 is 17.7 Å². The Kier molecular flexibility index (Phi) is 9.59. The molecule has 9 heteroatoms. The van der Waals surface area contributed by atoms with Gasteiger partial charge in [-0.15, -0.1) is 0 Å². The van der Waals surface area contributed by atoms with E-state index in [1.165, 1.54) is 11.8 Å². The summed E-state index contributed by atoms with van der Waals surface area (Å²) in [5.74, 6) is -1.31. The number of anilines is 1. The van der Waals surface area contributed by atoms with E-state index in [1.54, 1.807) is 48.5 Å². The van der Waals surface area contributed by atoms with Gasteiger partial charge in [0.05, 0.1) is 16.9 Å². The molecule has 0 aliphatic carbocycles. The Morgan fingerprint density at radius 1 is 0.944 bits per heavy atom. The first kappa shape index (κ1) is 26.4. The van der Waals surface area contributed by atoms with Gasteiger partial charge in [0, 0.05) is 12.1 Å². The lowest BCUT2D eigenvalue weighted by Gasteiger charge is -2.10. The maximum absolute atomic E-state index is 12.2. The normalized spacial score (nSPS) is 10.8. The summed E-state index contributed by atoms with van der Waals surface area (Å²) in [5.41, 5.74) is 5.26. The van der Waals surface area contributed by atoms with Crippen molar-refractivity contribution in [3.63, 3.8) is 0 Å². The molecule has 0 spiro atoms. The number of ether oxygens (including phenoxy) is 1. The van der Waals surface area contributed by atoms with E-state index in [-0.39, 0.29) is 13.2 Å². The summed E-state index contributed by atoms with van der Waals surface area (Å²) in [6.07, 6.45) is 1.33. The molecule has 0 saturated carbocycles. The largest absolute Gasteiger partial charge is 0.483 e. The minimum atomic E-state index is -0.900. The third-order valence-electron chi connectivity index (χ3n) is 5.10. The predicted octanol–water partition coefficient (Wildman–Crippen LogP) is 4.25. The highest BCUT2D eigenvalue weighted by Gasteiger charge is 2.13. The highest BCUT2D eigenvalue weighted by Crippen LogP contribution is 2.21. The Balaban J connectivity index is 1.48. The second-order valence-electron chi connectivity index (χ2n) is 8.13. The summed E-state index contributed by atoms with van der Waals surface area (Å²) in [6.45, 7) is 4.17. The summed E-state index contributed by atoms with van der Waals surface area (Å²) in [4.78, 5) is 36.4. The molecule has 0 aromatic heterocycles. The quantitative estimate of drug-likeness (QED) is 0.229. The van der Waals surface area contributed by atoms with Gasteiger partial charge in [-0.05, 0) is 41.3 Å². The Morgan fingerprint density at radius 3 is 2.36 bits per heavy atom. The fourth-order valence-corrected chi connectivity index (χ4v) is 3.29. The van der Waals surface area contributed by atoms with E-state index >= 15 is 0 Å². The molecule has 0 aliphatic rings. The number of hydrogen-bond donors (Lipinski definition) is 3. The summed E-state index contributed by atoms with van der Waals surface area (Å²) < 4.78 is 5.59. The standard InChI is InChI=1S/C27H27ClN4O4/c1-18(2)20-13-11-19(12-14-20)15-29-26(34)27(35)32-30-16-21-7-3-6-10-24(21)36-17-25(33)31-23-9-5-4-8-22(23)28/h3-14,16,18H,15,17H2,1-2H3,(H,29,34)(H,31,33)(H,32,35)/b30-16-. The van der Waals surface area contributed by atoms with Gasteiger partial charge in [0.2, 0.25) is 0 Å². The monoisotopic (exact) mass is 506 g/mol. The van der Waals surface area contributed by atoms with E-state index in [0.717, 1.165) is 5.56 Å². The maximum atomic E-state index is 12.2. The van der Waals surface area contributed by atoms with E-state index in [0.29, 0.717) is 27.9 Å². The topological polar surface area (TPSA) is 109 Å². The van der Waals surface area contributed by atoms with Crippen molar-refractivity contribution in [3.8, 4) is 5.75 Å². The van der Waals surface area contributed by atoms with Crippen LogP contribution in [0.4, 0.5) is 5.69 Å². The minimum absolute atomic E-state index is 0.223. The molecule has 0 aliphatic heterocycles. The van der Waals surface area contributed by atoms with Crippen LogP contribution in [-0.2, 0) is 20.9 Å². The van der Waals surface area contributed by atoms with Crippen molar-refractivity contribution in [3.05, 3.63) is 94.5 Å². The average molecular weight is 507 g/mol. The average Bonchev–Trinajstić information content (AvgIpc) is 2.88. The van der Waals surface area contributed by atoms with Crippen molar-refractivity contribution in [2.75, 3.05) is 11.9 Å². The SMILES string of the molecule is CC(C)c1ccc(CNC(=O)C(=O)N/N=C\c2ccccc2OCC(=O)Nc2ccccc2Cl)cc1. The molecule has 8 nitrogen and oxygen atoms in total. The van der Waals surface area contributed by atoms with Crippen molar-refractivity contribution in [2.24, 2.45) is 5.10 Å². The molecule has 3 N–H and O–H groups in total. The highest BCUT2D eigenvalue weighted by atomic mass is 35.5. The smallest absolute Gasteiger partial charge is 0.329 e. The zero-order valence-electron chi connectivity index (χ0n) is 20.0. The molecule has 186 valence electrons. The second kappa shape index (κ2) is 13.1. The molecular formula is C27H27ClN4O4. The Morgan fingerprint density at radius 2 is 1.64 bits per heavy atom. The molecule has 3 amide bonds. The number of rotatable bonds is 9. The second-order valence-corrected chi connectivity index (χ2v) is 8.54. The number of benzene rings is 3.